The number of hydrogen-bond acceptors (Lipinski definition) is 2. The van der Waals surface area contributed by atoms with Gasteiger partial charge in [-0.2, -0.15) is 0 Å². The SMILES string of the molecule is Oc1cccnc1[Te]c1ccccc1. The van der Waals surface area contributed by atoms with Crippen LogP contribution in [0.5, 0.6) is 5.75 Å². The first-order chi connectivity index (χ1) is 6.86. The average molecular weight is 299 g/mol. The number of benzene rings is 1. The van der Waals surface area contributed by atoms with Crippen molar-refractivity contribution in [3.63, 3.8) is 0 Å². The van der Waals surface area contributed by atoms with Crippen LogP contribution in [0.1, 0.15) is 0 Å². The Hall–Kier alpha value is -1.04. The minimum absolute atomic E-state index is 0.318. The van der Waals surface area contributed by atoms with Crippen LogP contribution in [0.2, 0.25) is 0 Å². The van der Waals surface area contributed by atoms with Gasteiger partial charge >= 0.3 is 92.8 Å². The standard InChI is InChI=1S/C11H9NOTe/c13-10-7-4-8-12-11(10)14-9-5-2-1-3-6-9/h1-8,13H. The molecule has 14 heavy (non-hydrogen) atoms. The van der Waals surface area contributed by atoms with Crippen LogP contribution < -0.4 is 7.35 Å². The van der Waals surface area contributed by atoms with Gasteiger partial charge in [-0.15, -0.1) is 0 Å². The molecule has 1 N–H and O–H groups in total. The summed E-state index contributed by atoms with van der Waals surface area (Å²) in [4.78, 5) is 4.18. The zero-order chi connectivity index (χ0) is 9.80. The molecule has 0 bridgehead atoms. The van der Waals surface area contributed by atoms with E-state index in [2.05, 4.69) is 17.1 Å². The molecule has 1 aromatic carbocycles. The molecule has 0 saturated heterocycles. The summed E-state index contributed by atoms with van der Waals surface area (Å²) in [6, 6.07) is 13.6. The summed E-state index contributed by atoms with van der Waals surface area (Å²) in [5, 5.41) is 9.54. The predicted molar refractivity (Wildman–Crippen MR) is 57.4 cm³/mol. The van der Waals surface area contributed by atoms with Crippen LogP contribution in [-0.2, 0) is 0 Å². The van der Waals surface area contributed by atoms with Crippen molar-refractivity contribution in [2.45, 2.75) is 0 Å². The van der Waals surface area contributed by atoms with E-state index in [1.165, 1.54) is 3.61 Å². The Labute approximate surface area is 92.7 Å². The third-order valence-corrected chi connectivity index (χ3v) is 4.61. The zero-order valence-electron chi connectivity index (χ0n) is 7.42. The van der Waals surface area contributed by atoms with Crippen molar-refractivity contribution in [2.75, 3.05) is 0 Å². The normalized spacial score (nSPS) is 10.0. The monoisotopic (exact) mass is 301 g/mol. The van der Waals surface area contributed by atoms with Crippen LogP contribution in [-0.4, -0.2) is 31.0 Å². The second-order valence-corrected chi connectivity index (χ2v) is 5.77. The fourth-order valence-corrected chi connectivity index (χ4v) is 3.35. The van der Waals surface area contributed by atoms with E-state index in [-0.39, 0.29) is 0 Å². The van der Waals surface area contributed by atoms with Gasteiger partial charge < -0.3 is 0 Å². The third kappa shape index (κ3) is 2.25. The van der Waals surface area contributed by atoms with Crippen molar-refractivity contribution in [1.82, 2.24) is 4.98 Å². The van der Waals surface area contributed by atoms with E-state index in [0.29, 0.717) is 5.75 Å². The number of nitrogens with zero attached hydrogens (tertiary/aromatic N) is 1. The molecule has 0 aliphatic carbocycles. The first-order valence-corrected chi connectivity index (χ1v) is 6.56. The molecule has 0 amide bonds. The van der Waals surface area contributed by atoms with E-state index in [1.54, 1.807) is 18.3 Å². The van der Waals surface area contributed by atoms with E-state index >= 15 is 0 Å². The number of aromatic nitrogens is 1. The fourth-order valence-electron chi connectivity index (χ4n) is 1.06. The Morgan fingerprint density at radius 1 is 1.00 bits per heavy atom. The van der Waals surface area contributed by atoms with Gasteiger partial charge in [0.25, 0.3) is 0 Å². The van der Waals surface area contributed by atoms with Gasteiger partial charge in [0.2, 0.25) is 0 Å². The summed E-state index contributed by atoms with van der Waals surface area (Å²) in [6.07, 6.45) is 1.72. The van der Waals surface area contributed by atoms with E-state index in [4.69, 9.17) is 0 Å². The molecule has 2 nitrogen and oxygen atoms in total. The van der Waals surface area contributed by atoms with Gasteiger partial charge in [0, 0.05) is 0 Å². The van der Waals surface area contributed by atoms with Gasteiger partial charge in [0.1, 0.15) is 0 Å². The Bertz CT molecular complexity index is 417. The van der Waals surface area contributed by atoms with Crippen LogP contribution in [0.25, 0.3) is 0 Å². The van der Waals surface area contributed by atoms with Crippen molar-refractivity contribution in [2.24, 2.45) is 0 Å². The average Bonchev–Trinajstić information content (AvgIpc) is 2.23. The number of hydrogen-bond donors (Lipinski definition) is 1. The summed E-state index contributed by atoms with van der Waals surface area (Å²) < 4.78 is 2.14. The molecule has 0 spiro atoms. The summed E-state index contributed by atoms with van der Waals surface area (Å²) in [7, 11) is 0. The molecule has 1 heterocycles. The van der Waals surface area contributed by atoms with Crippen molar-refractivity contribution in [3.05, 3.63) is 48.7 Å². The van der Waals surface area contributed by atoms with E-state index in [0.717, 1.165) is 3.74 Å². The summed E-state index contributed by atoms with van der Waals surface area (Å²) in [5.41, 5.74) is 0. The number of rotatable bonds is 2. The van der Waals surface area contributed by atoms with Gasteiger partial charge in [0.15, 0.2) is 0 Å². The molecule has 3 heteroatoms. The summed E-state index contributed by atoms with van der Waals surface area (Å²) in [5.74, 6) is 0.318. The van der Waals surface area contributed by atoms with Crippen molar-refractivity contribution < 1.29 is 5.11 Å². The van der Waals surface area contributed by atoms with Crippen LogP contribution in [0, 0.1) is 0 Å². The van der Waals surface area contributed by atoms with Crippen LogP contribution in [0.3, 0.4) is 0 Å². The second-order valence-electron chi connectivity index (χ2n) is 2.74. The van der Waals surface area contributed by atoms with Crippen molar-refractivity contribution in [3.8, 4) is 5.75 Å². The zero-order valence-corrected chi connectivity index (χ0v) is 9.75. The number of pyridine rings is 1. The Morgan fingerprint density at radius 2 is 1.79 bits per heavy atom. The maximum atomic E-state index is 9.54. The van der Waals surface area contributed by atoms with Gasteiger partial charge in [0.05, 0.1) is 0 Å². The molecule has 0 saturated carbocycles. The Kier molecular flexibility index (Phi) is 3.03. The third-order valence-electron chi connectivity index (χ3n) is 1.71. The van der Waals surface area contributed by atoms with Gasteiger partial charge in [-0.1, -0.05) is 0 Å². The van der Waals surface area contributed by atoms with Crippen LogP contribution in [0.4, 0.5) is 0 Å². The molecule has 2 aromatic rings. The van der Waals surface area contributed by atoms with Crippen LogP contribution >= 0.6 is 0 Å². The Morgan fingerprint density at radius 3 is 2.50 bits per heavy atom. The molecule has 2 rings (SSSR count). The molecule has 0 atom stereocenters. The topological polar surface area (TPSA) is 33.1 Å². The molecule has 70 valence electrons. The van der Waals surface area contributed by atoms with Gasteiger partial charge in [-0.25, -0.2) is 0 Å². The summed E-state index contributed by atoms with van der Waals surface area (Å²) in [6.45, 7) is 0. The maximum absolute atomic E-state index is 9.54. The molecule has 0 radical (unpaired) electrons. The fraction of sp³-hybridized carbons (Fsp3) is 0. The van der Waals surface area contributed by atoms with Crippen LogP contribution in [0.15, 0.2) is 48.7 Å². The minimum atomic E-state index is -0.541. The quantitative estimate of drug-likeness (QED) is 0.817. The molecular formula is C11H9NOTe. The molecule has 0 aliphatic rings. The predicted octanol–water partition coefficient (Wildman–Crippen LogP) is 0.442. The molecule has 1 aromatic heterocycles. The second kappa shape index (κ2) is 4.45. The molecule has 0 fully saturated rings. The van der Waals surface area contributed by atoms with E-state index in [9.17, 15) is 5.11 Å². The van der Waals surface area contributed by atoms with Gasteiger partial charge in [-0.3, -0.25) is 0 Å². The number of aromatic hydroxyl groups is 1. The molecule has 0 unspecified atom stereocenters. The first-order valence-electron chi connectivity index (χ1n) is 4.23. The first kappa shape index (κ1) is 9.51. The van der Waals surface area contributed by atoms with Crippen molar-refractivity contribution in [1.29, 1.82) is 0 Å². The van der Waals surface area contributed by atoms with Crippen molar-refractivity contribution >= 4 is 28.3 Å². The van der Waals surface area contributed by atoms with E-state index in [1.807, 2.05) is 18.2 Å². The Balaban J connectivity index is 2.24. The van der Waals surface area contributed by atoms with Gasteiger partial charge in [-0.05, 0) is 0 Å². The summed E-state index contributed by atoms with van der Waals surface area (Å²) >= 11 is -0.541. The molecule has 0 aliphatic heterocycles. The van der Waals surface area contributed by atoms with E-state index < -0.39 is 20.9 Å². The molecular weight excluding hydrogens is 290 g/mol.